The number of rotatable bonds is 5. The molecule has 6 nitrogen and oxygen atoms in total. The minimum atomic E-state index is -1.10. The number of aryl methyl sites for hydroxylation is 1. The number of para-hydroxylation sites is 1. The van der Waals surface area contributed by atoms with E-state index >= 15 is 0 Å². The van der Waals surface area contributed by atoms with Gasteiger partial charge < -0.3 is 15.3 Å². The summed E-state index contributed by atoms with van der Waals surface area (Å²) >= 11 is 0. The third kappa shape index (κ3) is 2.81. The molecule has 6 heteroatoms. The minimum absolute atomic E-state index is 0.0915. The van der Waals surface area contributed by atoms with Crippen LogP contribution in [-0.4, -0.2) is 35.0 Å². The summed E-state index contributed by atoms with van der Waals surface area (Å²) in [5.74, 6) is -1.92. The molecule has 2 aliphatic rings. The quantitative estimate of drug-likeness (QED) is 0.858. The molecule has 3 rings (SSSR count). The Labute approximate surface area is 134 Å². The number of hydrogen-bond acceptors (Lipinski definition) is 3. The summed E-state index contributed by atoms with van der Waals surface area (Å²) < 4.78 is 0. The Morgan fingerprint density at radius 1 is 1.35 bits per heavy atom. The van der Waals surface area contributed by atoms with Gasteiger partial charge in [-0.1, -0.05) is 25.1 Å². The molecular weight excluding hydrogens is 296 g/mol. The second kappa shape index (κ2) is 5.68. The standard InChI is InChI=1S/C17H20N2O4/c1-2-11-5-3-4-6-13(11)19-10-12(9-14(19)20)15(21)18-17(7-8-17)16(22)23/h3-6,12H,2,7-10H2,1H3,(H,18,21)(H,22,23). The number of hydrogen-bond donors (Lipinski definition) is 2. The number of anilines is 1. The van der Waals surface area contributed by atoms with Crippen molar-refractivity contribution in [2.45, 2.75) is 38.1 Å². The number of amides is 2. The third-order valence-electron chi connectivity index (χ3n) is 4.68. The van der Waals surface area contributed by atoms with Crippen molar-refractivity contribution >= 4 is 23.5 Å². The number of aliphatic carboxylic acids is 1. The van der Waals surface area contributed by atoms with Gasteiger partial charge in [-0.3, -0.25) is 9.59 Å². The molecule has 1 aliphatic heterocycles. The highest BCUT2D eigenvalue weighted by Gasteiger charge is 2.52. The maximum atomic E-state index is 12.3. The van der Waals surface area contributed by atoms with Gasteiger partial charge >= 0.3 is 5.97 Å². The van der Waals surface area contributed by atoms with Crippen molar-refractivity contribution in [1.29, 1.82) is 0 Å². The third-order valence-corrected chi connectivity index (χ3v) is 4.68. The number of carbonyl (C=O) groups excluding carboxylic acids is 2. The van der Waals surface area contributed by atoms with Crippen LogP contribution in [0.2, 0.25) is 0 Å². The lowest BCUT2D eigenvalue weighted by Crippen LogP contribution is -2.46. The number of carboxylic acid groups (broad SMARTS) is 1. The molecule has 2 N–H and O–H groups in total. The molecule has 0 radical (unpaired) electrons. The molecule has 0 spiro atoms. The zero-order valence-corrected chi connectivity index (χ0v) is 13.0. The number of nitrogens with zero attached hydrogens (tertiary/aromatic N) is 1. The van der Waals surface area contributed by atoms with E-state index in [1.165, 1.54) is 0 Å². The molecule has 1 heterocycles. The number of carbonyl (C=O) groups is 3. The number of nitrogens with one attached hydrogen (secondary N) is 1. The van der Waals surface area contributed by atoms with E-state index < -0.39 is 17.4 Å². The van der Waals surface area contributed by atoms with Gasteiger partial charge in [0.25, 0.3) is 0 Å². The van der Waals surface area contributed by atoms with Crippen molar-refractivity contribution < 1.29 is 19.5 Å². The normalized spacial score (nSPS) is 22.0. The molecule has 2 amide bonds. The predicted octanol–water partition coefficient (Wildman–Crippen LogP) is 1.34. The van der Waals surface area contributed by atoms with E-state index in [0.29, 0.717) is 19.4 Å². The highest BCUT2D eigenvalue weighted by atomic mass is 16.4. The van der Waals surface area contributed by atoms with Gasteiger partial charge in [0.05, 0.1) is 5.92 Å². The fourth-order valence-corrected chi connectivity index (χ4v) is 3.04. The second-order valence-electron chi connectivity index (χ2n) is 6.26. The van der Waals surface area contributed by atoms with E-state index in [4.69, 9.17) is 5.11 Å². The van der Waals surface area contributed by atoms with Crippen LogP contribution >= 0.6 is 0 Å². The number of carboxylic acids is 1. The molecule has 2 fully saturated rings. The molecule has 1 aliphatic carbocycles. The van der Waals surface area contributed by atoms with Crippen LogP contribution in [0.5, 0.6) is 0 Å². The first-order valence-electron chi connectivity index (χ1n) is 7.90. The van der Waals surface area contributed by atoms with Gasteiger partial charge in [0.15, 0.2) is 0 Å². The Morgan fingerprint density at radius 3 is 2.65 bits per heavy atom. The van der Waals surface area contributed by atoms with Crippen molar-refractivity contribution in [3.8, 4) is 0 Å². The summed E-state index contributed by atoms with van der Waals surface area (Å²) in [6.07, 6.45) is 1.84. The Kier molecular flexibility index (Phi) is 3.83. The van der Waals surface area contributed by atoms with Crippen LogP contribution in [0.3, 0.4) is 0 Å². The van der Waals surface area contributed by atoms with Crippen LogP contribution in [0.4, 0.5) is 5.69 Å². The first-order chi connectivity index (χ1) is 11.0. The second-order valence-corrected chi connectivity index (χ2v) is 6.26. The summed E-state index contributed by atoms with van der Waals surface area (Å²) in [5, 5.41) is 11.8. The van der Waals surface area contributed by atoms with Crippen LogP contribution in [-0.2, 0) is 20.8 Å². The van der Waals surface area contributed by atoms with Crippen molar-refractivity contribution in [3.63, 3.8) is 0 Å². The summed E-state index contributed by atoms with van der Waals surface area (Å²) in [7, 11) is 0. The van der Waals surface area contributed by atoms with Crippen LogP contribution in [0.15, 0.2) is 24.3 Å². The highest BCUT2D eigenvalue weighted by molar-refractivity contribution is 6.01. The van der Waals surface area contributed by atoms with Gasteiger partial charge in [-0.25, -0.2) is 4.79 Å². The lowest BCUT2D eigenvalue weighted by Gasteiger charge is -2.20. The molecular formula is C17H20N2O4. The molecule has 122 valence electrons. The topological polar surface area (TPSA) is 86.7 Å². The van der Waals surface area contributed by atoms with Crippen LogP contribution in [0.25, 0.3) is 0 Å². The number of benzene rings is 1. The molecule has 1 unspecified atom stereocenters. The lowest BCUT2D eigenvalue weighted by atomic mass is 10.1. The Bertz CT molecular complexity index is 666. The van der Waals surface area contributed by atoms with Crippen LogP contribution < -0.4 is 10.2 Å². The van der Waals surface area contributed by atoms with Gasteiger partial charge in [0.1, 0.15) is 5.54 Å². The average molecular weight is 316 g/mol. The van der Waals surface area contributed by atoms with Gasteiger partial charge in [0.2, 0.25) is 11.8 Å². The minimum Gasteiger partial charge on any atom is -0.480 e. The van der Waals surface area contributed by atoms with Crippen molar-refractivity contribution in [2.75, 3.05) is 11.4 Å². The van der Waals surface area contributed by atoms with E-state index in [0.717, 1.165) is 17.7 Å². The highest BCUT2D eigenvalue weighted by Crippen LogP contribution is 2.36. The zero-order valence-electron chi connectivity index (χ0n) is 13.0. The first kappa shape index (κ1) is 15.5. The largest absolute Gasteiger partial charge is 0.480 e. The fourth-order valence-electron chi connectivity index (χ4n) is 3.04. The van der Waals surface area contributed by atoms with Crippen LogP contribution in [0, 0.1) is 5.92 Å². The van der Waals surface area contributed by atoms with E-state index in [2.05, 4.69) is 5.32 Å². The molecule has 1 aromatic rings. The molecule has 1 atom stereocenters. The molecule has 1 aromatic carbocycles. The summed E-state index contributed by atoms with van der Waals surface area (Å²) in [4.78, 5) is 37.4. The van der Waals surface area contributed by atoms with Crippen molar-refractivity contribution in [1.82, 2.24) is 5.32 Å². The lowest BCUT2D eigenvalue weighted by molar-refractivity contribution is -0.143. The van der Waals surface area contributed by atoms with Crippen LogP contribution in [0.1, 0.15) is 31.7 Å². The maximum absolute atomic E-state index is 12.3. The van der Waals surface area contributed by atoms with Crippen molar-refractivity contribution in [2.24, 2.45) is 5.92 Å². The molecule has 1 saturated heterocycles. The maximum Gasteiger partial charge on any atom is 0.329 e. The fraction of sp³-hybridized carbons (Fsp3) is 0.471. The van der Waals surface area contributed by atoms with E-state index in [-0.39, 0.29) is 18.2 Å². The van der Waals surface area contributed by atoms with Gasteiger partial charge in [0, 0.05) is 18.7 Å². The smallest absolute Gasteiger partial charge is 0.329 e. The molecule has 1 saturated carbocycles. The SMILES string of the molecule is CCc1ccccc1N1CC(C(=O)NC2(C(=O)O)CC2)CC1=O. The average Bonchev–Trinajstić information content (AvgIpc) is 3.22. The van der Waals surface area contributed by atoms with Crippen molar-refractivity contribution in [3.05, 3.63) is 29.8 Å². The molecule has 0 bridgehead atoms. The summed E-state index contributed by atoms with van der Waals surface area (Å²) in [6.45, 7) is 2.32. The molecule has 23 heavy (non-hydrogen) atoms. The predicted molar refractivity (Wildman–Crippen MR) is 84.0 cm³/mol. The van der Waals surface area contributed by atoms with E-state index in [1.807, 2.05) is 31.2 Å². The first-order valence-corrected chi connectivity index (χ1v) is 7.90. The molecule has 0 aromatic heterocycles. The Hall–Kier alpha value is -2.37. The van der Waals surface area contributed by atoms with E-state index in [1.54, 1.807) is 4.90 Å². The van der Waals surface area contributed by atoms with Gasteiger partial charge in [-0.15, -0.1) is 0 Å². The Balaban J connectivity index is 1.72. The van der Waals surface area contributed by atoms with Gasteiger partial charge in [-0.2, -0.15) is 0 Å². The zero-order chi connectivity index (χ0) is 16.6. The summed E-state index contributed by atoms with van der Waals surface area (Å²) in [6, 6.07) is 7.66. The Morgan fingerprint density at radius 2 is 2.04 bits per heavy atom. The van der Waals surface area contributed by atoms with E-state index in [9.17, 15) is 14.4 Å². The summed E-state index contributed by atoms with van der Waals surface area (Å²) in [5.41, 5.74) is 0.801. The monoisotopic (exact) mass is 316 g/mol. The van der Waals surface area contributed by atoms with Gasteiger partial charge in [-0.05, 0) is 30.9 Å².